The molecule has 5 rings (SSSR count). The Balaban J connectivity index is 1.28. The third-order valence-corrected chi connectivity index (χ3v) is 5.81. The van der Waals surface area contributed by atoms with Crippen LogP contribution in [0.5, 0.6) is 5.75 Å². The fourth-order valence-corrected chi connectivity index (χ4v) is 4.17. The maximum atomic E-state index is 13.0. The van der Waals surface area contributed by atoms with Gasteiger partial charge in [0.15, 0.2) is 0 Å². The normalized spacial score (nSPS) is 13.6. The Labute approximate surface area is 201 Å². The largest absolute Gasteiger partial charge is 0.486 e. The molecule has 2 aromatic carbocycles. The van der Waals surface area contributed by atoms with Gasteiger partial charge in [0.25, 0.3) is 5.91 Å². The van der Waals surface area contributed by atoms with Crippen LogP contribution in [-0.4, -0.2) is 40.8 Å². The molecule has 1 saturated heterocycles. The van der Waals surface area contributed by atoms with Crippen molar-refractivity contribution in [2.75, 3.05) is 29.9 Å². The number of anilines is 2. The highest BCUT2D eigenvalue weighted by atomic mass is 35.5. The lowest BCUT2D eigenvalue weighted by atomic mass is 10.1. The van der Waals surface area contributed by atoms with Crippen molar-refractivity contribution in [3.63, 3.8) is 0 Å². The number of rotatable bonds is 6. The summed E-state index contributed by atoms with van der Waals surface area (Å²) in [5.74, 6) is 0.103. The summed E-state index contributed by atoms with van der Waals surface area (Å²) in [6, 6.07) is 18.1. The topological polar surface area (TPSA) is 88.0 Å². The van der Waals surface area contributed by atoms with Crippen LogP contribution < -0.4 is 20.3 Å². The third kappa shape index (κ3) is 4.67. The Morgan fingerprint density at radius 3 is 2.82 bits per heavy atom. The molecule has 3 heterocycles. The summed E-state index contributed by atoms with van der Waals surface area (Å²) in [4.78, 5) is 31.1. The van der Waals surface area contributed by atoms with Gasteiger partial charge in [0.1, 0.15) is 18.0 Å². The molecular formula is C25H22ClN5O3. The van der Waals surface area contributed by atoms with Gasteiger partial charge in [-0.3, -0.25) is 9.59 Å². The molecule has 0 saturated carbocycles. The van der Waals surface area contributed by atoms with E-state index in [1.807, 2.05) is 52.0 Å². The van der Waals surface area contributed by atoms with Gasteiger partial charge in [-0.1, -0.05) is 29.8 Å². The van der Waals surface area contributed by atoms with E-state index in [0.717, 1.165) is 17.0 Å². The van der Waals surface area contributed by atoms with Gasteiger partial charge in [-0.05, 0) is 42.5 Å². The van der Waals surface area contributed by atoms with Crippen molar-refractivity contribution in [1.29, 1.82) is 0 Å². The number of benzene rings is 2. The molecule has 8 nitrogen and oxygen atoms in total. The predicted molar refractivity (Wildman–Crippen MR) is 131 cm³/mol. The number of carbonyl (C=O) groups is 2. The second kappa shape index (κ2) is 9.44. The van der Waals surface area contributed by atoms with Crippen molar-refractivity contribution in [2.24, 2.45) is 0 Å². The highest BCUT2D eigenvalue weighted by molar-refractivity contribution is 6.33. The molecule has 0 unspecified atom stereocenters. The summed E-state index contributed by atoms with van der Waals surface area (Å²) in [5, 5.41) is 6.13. The molecule has 34 heavy (non-hydrogen) atoms. The SMILES string of the molecule is O=C1CN(c2ccc(NC(=O)c3ccccc3OCc3cn4ccccc4n3)cc2Cl)CCN1. The Hall–Kier alpha value is -4.04. The fourth-order valence-electron chi connectivity index (χ4n) is 3.87. The van der Waals surface area contributed by atoms with Crippen LogP contribution in [0.3, 0.4) is 0 Å². The lowest BCUT2D eigenvalue weighted by molar-refractivity contribution is -0.120. The van der Waals surface area contributed by atoms with Gasteiger partial charge in [0.05, 0.1) is 28.5 Å². The number of hydrogen-bond acceptors (Lipinski definition) is 5. The summed E-state index contributed by atoms with van der Waals surface area (Å²) >= 11 is 6.46. The van der Waals surface area contributed by atoms with Gasteiger partial charge >= 0.3 is 0 Å². The lowest BCUT2D eigenvalue weighted by Crippen LogP contribution is -2.47. The molecule has 1 aliphatic heterocycles. The number of pyridine rings is 1. The van der Waals surface area contributed by atoms with E-state index in [0.29, 0.717) is 35.1 Å². The zero-order valence-corrected chi connectivity index (χ0v) is 19.0. The first-order chi connectivity index (χ1) is 16.6. The number of imidazole rings is 1. The molecule has 2 N–H and O–H groups in total. The third-order valence-electron chi connectivity index (χ3n) is 5.51. The molecule has 0 aliphatic carbocycles. The van der Waals surface area contributed by atoms with Crippen LogP contribution in [-0.2, 0) is 11.4 Å². The van der Waals surface area contributed by atoms with Gasteiger partial charge in [-0.2, -0.15) is 0 Å². The maximum Gasteiger partial charge on any atom is 0.259 e. The zero-order chi connectivity index (χ0) is 23.5. The summed E-state index contributed by atoms with van der Waals surface area (Å²) in [6.07, 6.45) is 3.82. The van der Waals surface area contributed by atoms with E-state index in [1.54, 1.807) is 30.3 Å². The number of nitrogens with one attached hydrogen (secondary N) is 2. The van der Waals surface area contributed by atoms with E-state index in [2.05, 4.69) is 15.6 Å². The van der Waals surface area contributed by atoms with Crippen LogP contribution >= 0.6 is 11.6 Å². The first-order valence-electron chi connectivity index (χ1n) is 10.8. The smallest absolute Gasteiger partial charge is 0.259 e. The maximum absolute atomic E-state index is 13.0. The lowest BCUT2D eigenvalue weighted by Gasteiger charge is -2.29. The Morgan fingerprint density at radius 1 is 1.15 bits per heavy atom. The minimum Gasteiger partial charge on any atom is -0.486 e. The van der Waals surface area contributed by atoms with Crippen LogP contribution in [0.4, 0.5) is 11.4 Å². The van der Waals surface area contributed by atoms with Crippen molar-refractivity contribution in [1.82, 2.24) is 14.7 Å². The molecule has 0 atom stereocenters. The second-order valence-corrected chi connectivity index (χ2v) is 8.28. The minimum atomic E-state index is -0.313. The summed E-state index contributed by atoms with van der Waals surface area (Å²) < 4.78 is 7.85. The number of para-hydroxylation sites is 1. The van der Waals surface area contributed by atoms with Crippen LogP contribution in [0, 0.1) is 0 Å². The molecule has 9 heteroatoms. The Bertz CT molecular complexity index is 1340. The van der Waals surface area contributed by atoms with Gasteiger partial charge in [-0.15, -0.1) is 0 Å². The molecular weight excluding hydrogens is 454 g/mol. The number of amides is 2. The molecule has 1 fully saturated rings. The molecule has 4 aromatic rings. The van der Waals surface area contributed by atoms with Gasteiger partial charge in [0.2, 0.25) is 5.91 Å². The van der Waals surface area contributed by atoms with Crippen molar-refractivity contribution in [2.45, 2.75) is 6.61 Å². The van der Waals surface area contributed by atoms with Gasteiger partial charge in [0, 0.05) is 31.2 Å². The summed E-state index contributed by atoms with van der Waals surface area (Å²) in [6.45, 7) is 1.73. The van der Waals surface area contributed by atoms with Crippen molar-refractivity contribution in [3.05, 3.63) is 89.3 Å². The zero-order valence-electron chi connectivity index (χ0n) is 18.2. The quantitative estimate of drug-likeness (QED) is 0.443. The number of piperazine rings is 1. The fraction of sp³-hybridized carbons (Fsp3) is 0.160. The van der Waals surface area contributed by atoms with Crippen LogP contribution in [0.25, 0.3) is 5.65 Å². The first-order valence-corrected chi connectivity index (χ1v) is 11.2. The minimum absolute atomic E-state index is 0.0417. The van der Waals surface area contributed by atoms with Crippen molar-refractivity contribution >= 4 is 40.4 Å². The molecule has 1 aliphatic rings. The van der Waals surface area contributed by atoms with Crippen LogP contribution in [0.1, 0.15) is 16.1 Å². The molecule has 2 amide bonds. The summed E-state index contributed by atoms with van der Waals surface area (Å²) in [7, 11) is 0. The first kappa shape index (κ1) is 21.8. The number of nitrogens with zero attached hydrogens (tertiary/aromatic N) is 3. The van der Waals surface area contributed by atoms with Crippen molar-refractivity contribution < 1.29 is 14.3 Å². The monoisotopic (exact) mass is 475 g/mol. The summed E-state index contributed by atoms with van der Waals surface area (Å²) in [5.41, 5.74) is 3.30. The molecule has 2 aromatic heterocycles. The average Bonchev–Trinajstić information content (AvgIpc) is 3.26. The van der Waals surface area contributed by atoms with E-state index in [4.69, 9.17) is 16.3 Å². The van der Waals surface area contributed by atoms with E-state index in [1.165, 1.54) is 0 Å². The van der Waals surface area contributed by atoms with Gasteiger partial charge < -0.3 is 24.7 Å². The predicted octanol–water partition coefficient (Wildman–Crippen LogP) is 3.76. The number of ether oxygens (including phenoxy) is 1. The van der Waals surface area contributed by atoms with Gasteiger partial charge in [-0.25, -0.2) is 4.98 Å². The number of hydrogen-bond donors (Lipinski definition) is 2. The molecule has 0 spiro atoms. The van der Waals surface area contributed by atoms with Crippen LogP contribution in [0.15, 0.2) is 73.1 Å². The Kier molecular flexibility index (Phi) is 6.05. The number of fused-ring (bicyclic) bond motifs is 1. The average molecular weight is 476 g/mol. The molecule has 0 bridgehead atoms. The van der Waals surface area contributed by atoms with E-state index >= 15 is 0 Å². The second-order valence-electron chi connectivity index (χ2n) is 7.88. The van der Waals surface area contributed by atoms with Crippen LogP contribution in [0.2, 0.25) is 5.02 Å². The molecule has 172 valence electrons. The van der Waals surface area contributed by atoms with Crippen molar-refractivity contribution in [3.8, 4) is 5.75 Å². The highest BCUT2D eigenvalue weighted by Gasteiger charge is 2.19. The molecule has 0 radical (unpaired) electrons. The van der Waals surface area contributed by atoms with E-state index < -0.39 is 0 Å². The standard InChI is InChI=1S/C25H22ClN5O3/c26-20-13-17(8-9-21(20)30-12-10-27-24(32)15-30)29-25(33)19-5-1-2-6-22(19)34-16-18-14-31-11-4-3-7-23(31)28-18/h1-9,11,13-14H,10,12,15-16H2,(H,27,32)(H,29,33). The Morgan fingerprint density at radius 2 is 2.00 bits per heavy atom. The highest BCUT2D eigenvalue weighted by Crippen LogP contribution is 2.30. The van der Waals surface area contributed by atoms with E-state index in [9.17, 15) is 9.59 Å². The number of aromatic nitrogens is 2. The number of carbonyl (C=O) groups excluding carboxylic acids is 2. The van der Waals surface area contributed by atoms with E-state index in [-0.39, 0.29) is 25.0 Å². The number of halogens is 1.